The minimum absolute atomic E-state index is 0.0989. The third-order valence-corrected chi connectivity index (χ3v) is 7.95. The molecule has 6 atom stereocenters. The Bertz CT molecular complexity index is 1300. The van der Waals surface area contributed by atoms with Crippen LogP contribution in [0.5, 0.6) is 0 Å². The Morgan fingerprint density at radius 1 is 1.21 bits per heavy atom. The number of nitrogens with zero attached hydrogens (tertiary/aromatic N) is 3. The van der Waals surface area contributed by atoms with Crippen molar-refractivity contribution in [3.8, 4) is 12.3 Å². The average molecular weight is 532 g/mol. The summed E-state index contributed by atoms with van der Waals surface area (Å²) in [4.78, 5) is 57.5. The van der Waals surface area contributed by atoms with Gasteiger partial charge in [-0.15, -0.1) is 6.42 Å². The van der Waals surface area contributed by atoms with Gasteiger partial charge < -0.3 is 39.5 Å². The molecule has 0 amide bonds. The number of H-pyrrole nitrogens is 1. The predicted octanol–water partition coefficient (Wildman–Crippen LogP) is -1.91. The number of ether oxygens (including phenoxy) is 1. The van der Waals surface area contributed by atoms with Crippen molar-refractivity contribution in [1.29, 1.82) is 0 Å². The molecular weight excluding hydrogens is 517 g/mol. The number of rotatable bonds is 8. The number of phosphoric ester groups is 1. The number of aromatic nitrogens is 4. The number of aromatic amines is 1. The molecule has 0 spiro atoms. The van der Waals surface area contributed by atoms with Gasteiger partial charge in [-0.3, -0.25) is 13.9 Å². The molecule has 2 aromatic rings. The van der Waals surface area contributed by atoms with Crippen LogP contribution in [-0.4, -0.2) is 73.7 Å². The van der Waals surface area contributed by atoms with Gasteiger partial charge in [0, 0.05) is 0 Å². The number of imidazole rings is 1. The SMILES string of the molecule is C#C[C@@]1(O)[C@H](O)[C@@H](COP(=O)(O)OP(=O)(O)OP(=O)(O)O)O[C@H]1n1cnc2c(=O)[nH]cnc21. The van der Waals surface area contributed by atoms with Crippen LogP contribution in [0.3, 0.4) is 0 Å². The van der Waals surface area contributed by atoms with E-state index in [0.29, 0.717) is 0 Å². The van der Waals surface area contributed by atoms with Gasteiger partial charge in [-0.2, -0.15) is 8.62 Å². The Morgan fingerprint density at radius 2 is 1.88 bits per heavy atom. The average Bonchev–Trinajstić information content (AvgIpc) is 3.18. The molecule has 18 nitrogen and oxygen atoms in total. The van der Waals surface area contributed by atoms with Crippen molar-refractivity contribution in [2.45, 2.75) is 24.0 Å². The first-order valence-electron chi connectivity index (χ1n) is 8.31. The molecule has 0 saturated carbocycles. The number of fused-ring (bicyclic) bond motifs is 1. The molecule has 0 bridgehead atoms. The molecule has 7 N–H and O–H groups in total. The summed E-state index contributed by atoms with van der Waals surface area (Å²) in [6, 6.07) is 0. The summed E-state index contributed by atoms with van der Waals surface area (Å²) >= 11 is 0. The zero-order valence-corrected chi connectivity index (χ0v) is 18.5. The fourth-order valence-corrected chi connectivity index (χ4v) is 5.87. The summed E-state index contributed by atoms with van der Waals surface area (Å²) in [6.07, 6.45) is 2.09. The lowest BCUT2D eigenvalue weighted by Gasteiger charge is -2.26. The summed E-state index contributed by atoms with van der Waals surface area (Å²) in [5.74, 6) is 1.91. The molecule has 33 heavy (non-hydrogen) atoms. The lowest BCUT2D eigenvalue weighted by atomic mass is 9.95. The summed E-state index contributed by atoms with van der Waals surface area (Å²) in [5, 5.41) is 21.2. The third-order valence-electron chi connectivity index (χ3n) is 4.15. The van der Waals surface area contributed by atoms with E-state index < -0.39 is 59.7 Å². The monoisotopic (exact) mass is 532 g/mol. The topological polar surface area (TPSA) is 273 Å². The Kier molecular flexibility index (Phi) is 6.86. The molecule has 0 aliphatic carbocycles. The largest absolute Gasteiger partial charge is 0.490 e. The fraction of sp³-hybridized carbons (Fsp3) is 0.417. The molecule has 0 aromatic carbocycles. The predicted molar refractivity (Wildman–Crippen MR) is 102 cm³/mol. The first-order chi connectivity index (χ1) is 15.1. The fourth-order valence-electron chi connectivity index (χ4n) is 2.84. The molecule has 3 rings (SSSR count). The smallest absolute Gasteiger partial charge is 0.386 e. The van der Waals surface area contributed by atoms with Crippen LogP contribution in [-0.2, 0) is 31.6 Å². The van der Waals surface area contributed by atoms with E-state index in [0.717, 1.165) is 17.2 Å². The first-order valence-corrected chi connectivity index (χ1v) is 12.8. The van der Waals surface area contributed by atoms with Gasteiger partial charge in [0.05, 0.1) is 19.3 Å². The normalized spacial score (nSPS) is 29.4. The van der Waals surface area contributed by atoms with Gasteiger partial charge in [-0.1, -0.05) is 5.92 Å². The number of nitrogens with one attached hydrogen (secondary N) is 1. The summed E-state index contributed by atoms with van der Waals surface area (Å²) in [5.41, 5.74) is -3.39. The van der Waals surface area contributed by atoms with E-state index in [4.69, 9.17) is 25.8 Å². The number of aliphatic hydroxyl groups is 2. The number of aliphatic hydroxyl groups excluding tert-OH is 1. The van der Waals surface area contributed by atoms with Crippen molar-refractivity contribution >= 4 is 34.6 Å². The van der Waals surface area contributed by atoms with Crippen LogP contribution in [0.4, 0.5) is 0 Å². The minimum Gasteiger partial charge on any atom is -0.386 e. The second kappa shape index (κ2) is 8.77. The van der Waals surface area contributed by atoms with E-state index >= 15 is 0 Å². The molecule has 1 aliphatic heterocycles. The molecule has 21 heteroatoms. The van der Waals surface area contributed by atoms with Gasteiger partial charge in [-0.05, 0) is 0 Å². The Hall–Kier alpha value is -1.80. The van der Waals surface area contributed by atoms with Gasteiger partial charge in [0.15, 0.2) is 23.0 Å². The summed E-state index contributed by atoms with van der Waals surface area (Å²) < 4.78 is 51.9. The zero-order chi connectivity index (χ0) is 24.8. The van der Waals surface area contributed by atoms with E-state index in [1.165, 1.54) is 0 Å². The third kappa shape index (κ3) is 5.48. The first kappa shape index (κ1) is 25.8. The van der Waals surface area contributed by atoms with Crippen LogP contribution in [0.15, 0.2) is 17.4 Å². The molecule has 182 valence electrons. The lowest BCUT2D eigenvalue weighted by Crippen LogP contribution is -2.45. The van der Waals surface area contributed by atoms with E-state index in [2.05, 4.69) is 28.1 Å². The van der Waals surface area contributed by atoms with Gasteiger partial charge in [0.2, 0.25) is 0 Å². The molecular formula is C12H15N4O14P3. The van der Waals surface area contributed by atoms with Gasteiger partial charge >= 0.3 is 23.5 Å². The van der Waals surface area contributed by atoms with Gasteiger partial charge in [-0.25, -0.2) is 23.7 Å². The molecule has 2 unspecified atom stereocenters. The second-order valence-electron chi connectivity index (χ2n) is 6.38. The second-order valence-corrected chi connectivity index (χ2v) is 10.8. The maximum atomic E-state index is 11.9. The van der Waals surface area contributed by atoms with Gasteiger partial charge in [0.25, 0.3) is 5.56 Å². The molecule has 1 aliphatic rings. The molecule has 1 saturated heterocycles. The van der Waals surface area contributed by atoms with Crippen molar-refractivity contribution in [2.75, 3.05) is 6.61 Å². The maximum Gasteiger partial charge on any atom is 0.490 e. The number of hydrogen-bond acceptors (Lipinski definition) is 12. The van der Waals surface area contributed by atoms with Crippen molar-refractivity contribution in [1.82, 2.24) is 19.5 Å². The molecule has 3 heterocycles. The summed E-state index contributed by atoms with van der Waals surface area (Å²) in [6.45, 7) is -1.09. The van der Waals surface area contributed by atoms with Crippen LogP contribution in [0.1, 0.15) is 6.23 Å². The van der Waals surface area contributed by atoms with E-state index in [-0.39, 0.29) is 11.2 Å². The van der Waals surface area contributed by atoms with Crippen LogP contribution in [0.2, 0.25) is 0 Å². The van der Waals surface area contributed by atoms with Crippen LogP contribution in [0, 0.1) is 12.3 Å². The quantitative estimate of drug-likeness (QED) is 0.144. The Labute approximate surface area is 182 Å². The highest BCUT2D eigenvalue weighted by Gasteiger charge is 2.56. The van der Waals surface area contributed by atoms with Crippen LogP contribution < -0.4 is 5.56 Å². The number of terminal acetylenes is 1. The molecule has 0 radical (unpaired) electrons. The van der Waals surface area contributed by atoms with Gasteiger partial charge in [0.1, 0.15) is 12.2 Å². The van der Waals surface area contributed by atoms with Crippen molar-refractivity contribution in [2.24, 2.45) is 0 Å². The Morgan fingerprint density at radius 3 is 2.48 bits per heavy atom. The van der Waals surface area contributed by atoms with Crippen molar-refractivity contribution in [3.05, 3.63) is 23.0 Å². The van der Waals surface area contributed by atoms with Crippen LogP contribution in [0.25, 0.3) is 11.2 Å². The zero-order valence-electron chi connectivity index (χ0n) is 15.8. The highest BCUT2D eigenvalue weighted by molar-refractivity contribution is 7.66. The highest BCUT2D eigenvalue weighted by Crippen LogP contribution is 2.66. The highest BCUT2D eigenvalue weighted by atomic mass is 31.3. The standard InChI is InChI=1S/C12H15N4O14P3/c1-2-12(19)8(17)6(3-27-32(23,24)30-33(25,26)29-31(20,21)22)28-11(12)16-5-15-7-9(16)13-4-14-10(7)18/h1,4-6,8,11,17,19H,3H2,(H,23,24)(H,25,26)(H,13,14,18)(H2,20,21,22)/t6-,8-,11-,12-/m1/s1. The minimum atomic E-state index is -5.77. The van der Waals surface area contributed by atoms with Crippen LogP contribution >= 0.6 is 23.5 Å². The molecule has 2 aromatic heterocycles. The number of phosphoric acid groups is 3. The van der Waals surface area contributed by atoms with E-state index in [1.54, 1.807) is 0 Å². The maximum absolute atomic E-state index is 11.9. The van der Waals surface area contributed by atoms with E-state index in [1.807, 2.05) is 5.92 Å². The summed E-state index contributed by atoms with van der Waals surface area (Å²) in [7, 11) is -16.9. The van der Waals surface area contributed by atoms with E-state index in [9.17, 15) is 33.6 Å². The Balaban J connectivity index is 1.80. The molecule has 1 fully saturated rings. The number of hydrogen-bond donors (Lipinski definition) is 7. The lowest BCUT2D eigenvalue weighted by molar-refractivity contribution is -0.0717. The van der Waals surface area contributed by atoms with Crippen molar-refractivity contribution in [3.63, 3.8) is 0 Å². The van der Waals surface area contributed by atoms with Crippen molar-refractivity contribution < 1.29 is 61.4 Å².